The first-order chi connectivity index (χ1) is 11.5. The summed E-state index contributed by atoms with van der Waals surface area (Å²) in [5.41, 5.74) is 0.138. The van der Waals surface area contributed by atoms with Crippen molar-refractivity contribution in [2.45, 2.75) is 36.0 Å². The Morgan fingerprint density at radius 2 is 1.84 bits per heavy atom. The van der Waals surface area contributed by atoms with E-state index >= 15 is 0 Å². The molecule has 0 aromatic heterocycles. The second kappa shape index (κ2) is 6.48. The molecule has 25 heavy (non-hydrogen) atoms. The van der Waals surface area contributed by atoms with Gasteiger partial charge in [0.1, 0.15) is 0 Å². The zero-order valence-corrected chi connectivity index (χ0v) is 13.9. The Morgan fingerprint density at radius 3 is 2.52 bits per heavy atom. The summed E-state index contributed by atoms with van der Waals surface area (Å²) >= 11 is 0. The first kappa shape index (κ1) is 18.5. The molecule has 4 nitrogen and oxygen atoms in total. The van der Waals surface area contributed by atoms with Crippen LogP contribution in [0.4, 0.5) is 22.0 Å². The number of hydrogen-bond acceptors (Lipinski definition) is 4. The fourth-order valence-electron chi connectivity index (χ4n) is 3.45. The van der Waals surface area contributed by atoms with E-state index in [1.807, 2.05) is 0 Å². The number of sulfone groups is 1. The highest BCUT2D eigenvalue weighted by Gasteiger charge is 2.37. The summed E-state index contributed by atoms with van der Waals surface area (Å²) in [6.45, 7) is -0.560. The van der Waals surface area contributed by atoms with Crippen molar-refractivity contribution in [3.05, 3.63) is 29.3 Å². The van der Waals surface area contributed by atoms with Gasteiger partial charge >= 0.3 is 6.18 Å². The minimum atomic E-state index is -4.28. The van der Waals surface area contributed by atoms with E-state index in [1.165, 1.54) is 4.90 Å². The summed E-state index contributed by atoms with van der Waals surface area (Å²) in [6.07, 6.45) is -3.64. The predicted octanol–water partition coefficient (Wildman–Crippen LogP) is 2.41. The first-order valence-electron chi connectivity index (χ1n) is 7.82. The Hall–Kier alpha value is -1.26. The van der Waals surface area contributed by atoms with Crippen LogP contribution in [0.25, 0.3) is 0 Å². The molecule has 2 aliphatic heterocycles. The molecule has 0 spiro atoms. The number of nitrogens with zero attached hydrogens (tertiary/aromatic N) is 1. The number of likely N-dealkylation sites (tertiary alicyclic amines) is 1. The molecule has 0 aliphatic carbocycles. The molecular weight excluding hydrogens is 367 g/mol. The fourth-order valence-corrected chi connectivity index (χ4v) is 5.06. The van der Waals surface area contributed by atoms with Crippen LogP contribution in [0.15, 0.2) is 17.0 Å². The van der Waals surface area contributed by atoms with Crippen LogP contribution in [0, 0.1) is 11.6 Å². The van der Waals surface area contributed by atoms with Crippen molar-refractivity contribution in [1.29, 1.82) is 0 Å². The van der Waals surface area contributed by atoms with Gasteiger partial charge < -0.3 is 5.32 Å². The quantitative estimate of drug-likeness (QED) is 0.642. The monoisotopic (exact) mass is 384 g/mol. The summed E-state index contributed by atoms with van der Waals surface area (Å²) in [5, 5.41) is 3.11. The van der Waals surface area contributed by atoms with Gasteiger partial charge in [-0.15, -0.1) is 0 Å². The van der Waals surface area contributed by atoms with E-state index in [4.69, 9.17) is 0 Å². The zero-order chi connectivity index (χ0) is 18.4. The molecule has 1 fully saturated rings. The fraction of sp³-hybridized carbons (Fsp3) is 0.600. The van der Waals surface area contributed by atoms with Gasteiger partial charge in [-0.3, -0.25) is 4.90 Å². The van der Waals surface area contributed by atoms with E-state index in [9.17, 15) is 30.4 Å². The number of hydrogen-bond donors (Lipinski definition) is 1. The normalized spacial score (nSPS) is 26.6. The SMILES string of the molecule is O=S1(=O)CC[C@H](N[C@@H]2CCN(CC(F)(F)F)C2)c2cc(F)c(F)cc21. The minimum absolute atomic E-state index is 0.138. The molecule has 10 heteroatoms. The maximum absolute atomic E-state index is 13.6. The number of benzene rings is 1. The molecule has 140 valence electrons. The topological polar surface area (TPSA) is 49.4 Å². The number of rotatable bonds is 3. The molecule has 2 atom stereocenters. The van der Waals surface area contributed by atoms with Gasteiger partial charge in [-0.1, -0.05) is 0 Å². The van der Waals surface area contributed by atoms with Crippen LogP contribution in [-0.2, 0) is 9.84 Å². The average Bonchev–Trinajstić information content (AvgIpc) is 2.89. The summed E-state index contributed by atoms with van der Waals surface area (Å²) in [4.78, 5) is 1.02. The van der Waals surface area contributed by atoms with Crippen molar-refractivity contribution < 1.29 is 30.4 Å². The van der Waals surface area contributed by atoms with Gasteiger partial charge in [-0.25, -0.2) is 17.2 Å². The van der Waals surface area contributed by atoms with Gasteiger partial charge in [0.25, 0.3) is 0 Å². The van der Waals surface area contributed by atoms with Crippen molar-refractivity contribution in [2.24, 2.45) is 0 Å². The van der Waals surface area contributed by atoms with E-state index in [1.54, 1.807) is 0 Å². The third-order valence-corrected chi connectivity index (χ3v) is 6.35. The third-order valence-electron chi connectivity index (χ3n) is 4.55. The second-order valence-corrected chi connectivity index (χ2v) is 8.54. The molecule has 1 N–H and O–H groups in total. The third kappa shape index (κ3) is 4.12. The van der Waals surface area contributed by atoms with Crippen LogP contribution in [0.3, 0.4) is 0 Å². The second-order valence-electron chi connectivity index (χ2n) is 6.47. The van der Waals surface area contributed by atoms with Crippen molar-refractivity contribution in [3.8, 4) is 0 Å². The van der Waals surface area contributed by atoms with Crippen LogP contribution in [0.2, 0.25) is 0 Å². The Balaban J connectivity index is 1.76. The van der Waals surface area contributed by atoms with E-state index in [-0.39, 0.29) is 41.8 Å². The number of halogens is 5. The first-order valence-corrected chi connectivity index (χ1v) is 9.47. The van der Waals surface area contributed by atoms with Gasteiger partial charge in [0.05, 0.1) is 17.2 Å². The summed E-state index contributed by atoms with van der Waals surface area (Å²) in [7, 11) is -3.69. The summed E-state index contributed by atoms with van der Waals surface area (Å²) < 4.78 is 88.5. The van der Waals surface area contributed by atoms with Crippen molar-refractivity contribution in [2.75, 3.05) is 25.4 Å². The molecule has 0 amide bonds. The summed E-state index contributed by atoms with van der Waals surface area (Å²) in [5.74, 6) is -2.60. The average molecular weight is 384 g/mol. The maximum atomic E-state index is 13.6. The molecule has 2 heterocycles. The molecule has 2 aliphatic rings. The minimum Gasteiger partial charge on any atom is -0.306 e. The molecule has 3 rings (SSSR count). The van der Waals surface area contributed by atoms with Gasteiger partial charge in [-0.2, -0.15) is 13.2 Å². The van der Waals surface area contributed by atoms with Crippen LogP contribution < -0.4 is 5.32 Å². The lowest BCUT2D eigenvalue weighted by atomic mass is 10.0. The molecule has 0 unspecified atom stereocenters. The molecule has 0 radical (unpaired) electrons. The van der Waals surface area contributed by atoms with Crippen molar-refractivity contribution in [3.63, 3.8) is 0 Å². The standard InChI is InChI=1S/C15H17F5N2O2S/c16-11-5-10-13(2-4-25(23,24)14(10)6-12(11)17)21-9-1-3-22(7-9)8-15(18,19)20/h5-6,9,13,21H,1-4,7-8H2/t9-,13+/m1/s1. The molecular formula is C15H17F5N2O2S. The predicted molar refractivity (Wildman–Crippen MR) is 79.8 cm³/mol. The van der Waals surface area contributed by atoms with Gasteiger partial charge in [0.15, 0.2) is 21.5 Å². The van der Waals surface area contributed by atoms with Crippen molar-refractivity contribution >= 4 is 9.84 Å². The van der Waals surface area contributed by atoms with E-state index in [0.717, 1.165) is 6.07 Å². The lowest BCUT2D eigenvalue weighted by Gasteiger charge is -2.29. The number of nitrogens with one attached hydrogen (secondary N) is 1. The van der Waals surface area contributed by atoms with Gasteiger partial charge in [0, 0.05) is 25.2 Å². The van der Waals surface area contributed by atoms with Crippen LogP contribution in [0.5, 0.6) is 0 Å². The lowest BCUT2D eigenvalue weighted by Crippen LogP contribution is -2.40. The number of fused-ring (bicyclic) bond motifs is 1. The Morgan fingerprint density at radius 1 is 1.16 bits per heavy atom. The lowest BCUT2D eigenvalue weighted by molar-refractivity contribution is -0.143. The summed E-state index contributed by atoms with van der Waals surface area (Å²) in [6, 6.07) is 0.735. The highest BCUT2D eigenvalue weighted by atomic mass is 32.2. The van der Waals surface area contributed by atoms with Crippen LogP contribution in [-0.4, -0.2) is 50.9 Å². The Bertz CT molecular complexity index is 766. The van der Waals surface area contributed by atoms with Gasteiger partial charge in [-0.05, 0) is 30.5 Å². The van der Waals surface area contributed by atoms with Crippen LogP contribution in [0.1, 0.15) is 24.4 Å². The van der Waals surface area contributed by atoms with E-state index in [2.05, 4.69) is 5.32 Å². The molecule has 0 bridgehead atoms. The molecule has 1 saturated heterocycles. The highest BCUT2D eigenvalue weighted by molar-refractivity contribution is 7.91. The van der Waals surface area contributed by atoms with E-state index < -0.39 is 40.2 Å². The molecule has 1 aromatic carbocycles. The van der Waals surface area contributed by atoms with Crippen LogP contribution >= 0.6 is 0 Å². The zero-order valence-electron chi connectivity index (χ0n) is 13.1. The van der Waals surface area contributed by atoms with Gasteiger partial charge in [0.2, 0.25) is 0 Å². The maximum Gasteiger partial charge on any atom is 0.401 e. The largest absolute Gasteiger partial charge is 0.401 e. The highest BCUT2D eigenvalue weighted by Crippen LogP contribution is 2.34. The van der Waals surface area contributed by atoms with E-state index in [0.29, 0.717) is 12.5 Å². The smallest absolute Gasteiger partial charge is 0.306 e. The number of alkyl halides is 3. The molecule has 0 saturated carbocycles. The Labute approximate surface area is 141 Å². The molecule has 1 aromatic rings. The Kier molecular flexibility index (Phi) is 4.80. The van der Waals surface area contributed by atoms with Crippen molar-refractivity contribution in [1.82, 2.24) is 10.2 Å².